The summed E-state index contributed by atoms with van der Waals surface area (Å²) in [7, 11) is 0. The maximum absolute atomic E-state index is 10.1. The molecule has 0 fully saturated rings. The Morgan fingerprint density at radius 3 is 2.46 bits per heavy atom. The van der Waals surface area contributed by atoms with Crippen LogP contribution in [0.25, 0.3) is 11.3 Å². The van der Waals surface area contributed by atoms with E-state index < -0.39 is 0 Å². The first kappa shape index (κ1) is 18.3. The molecule has 2 heterocycles. The average molecular weight is 505 g/mol. The summed E-state index contributed by atoms with van der Waals surface area (Å²) in [6.07, 6.45) is 1.46. The van der Waals surface area contributed by atoms with Crippen molar-refractivity contribution in [2.75, 3.05) is 10.7 Å². The summed E-state index contributed by atoms with van der Waals surface area (Å²) in [5.41, 5.74) is 4.63. The molecule has 11 heteroatoms. The molecule has 140 valence electrons. The summed E-state index contributed by atoms with van der Waals surface area (Å²) in [5.74, 6) is 0.779. The average Bonchev–Trinajstić information content (AvgIpc) is 3.13. The monoisotopic (exact) mass is 503 g/mol. The van der Waals surface area contributed by atoms with Gasteiger partial charge in [0.2, 0.25) is 11.3 Å². The number of aromatic nitrogens is 4. The van der Waals surface area contributed by atoms with Gasteiger partial charge in [0.1, 0.15) is 5.75 Å². The molecule has 0 saturated heterocycles. The van der Waals surface area contributed by atoms with Crippen molar-refractivity contribution in [1.29, 1.82) is 0 Å². The molecule has 2 aromatic carbocycles. The van der Waals surface area contributed by atoms with Crippen LogP contribution >= 0.6 is 31.9 Å². The van der Waals surface area contributed by atoms with Crippen LogP contribution in [0, 0.1) is 0 Å². The van der Waals surface area contributed by atoms with Gasteiger partial charge in [-0.15, -0.1) is 0 Å². The van der Waals surface area contributed by atoms with Gasteiger partial charge < -0.3 is 10.4 Å². The minimum Gasteiger partial charge on any atom is -0.506 e. The van der Waals surface area contributed by atoms with Crippen molar-refractivity contribution in [1.82, 2.24) is 20.3 Å². The molecule has 9 nitrogen and oxygen atoms in total. The number of benzene rings is 2. The molecule has 0 bridgehead atoms. The second kappa shape index (κ2) is 7.90. The molecule has 0 spiro atoms. The number of hydrogen-bond acceptors (Lipinski definition) is 9. The van der Waals surface area contributed by atoms with Crippen LogP contribution in [0.1, 0.15) is 5.56 Å². The quantitative estimate of drug-likeness (QED) is 0.269. The molecule has 4 aromatic rings. The van der Waals surface area contributed by atoms with Crippen LogP contribution in [0.4, 0.5) is 17.3 Å². The van der Waals surface area contributed by atoms with Crippen LogP contribution in [0.15, 0.2) is 61.1 Å². The third-order valence-electron chi connectivity index (χ3n) is 3.58. The SMILES string of the molecule is Oc1c(Br)cc(Br)cc1C=NNc1nc2nonc2nc1Nc1ccccc1. The maximum atomic E-state index is 10.1. The van der Waals surface area contributed by atoms with Crippen LogP contribution in [-0.2, 0) is 0 Å². The highest BCUT2D eigenvalue weighted by Crippen LogP contribution is 2.30. The number of fused-ring (bicyclic) bond motifs is 1. The Kier molecular flexibility index (Phi) is 5.17. The molecule has 0 saturated carbocycles. The van der Waals surface area contributed by atoms with Gasteiger partial charge in [0.15, 0.2) is 11.6 Å². The number of rotatable bonds is 5. The highest BCUT2D eigenvalue weighted by atomic mass is 79.9. The molecule has 3 N–H and O–H groups in total. The second-order valence-electron chi connectivity index (χ2n) is 5.52. The number of para-hydroxylation sites is 1. The number of anilines is 3. The Bertz CT molecular complexity index is 1170. The topological polar surface area (TPSA) is 121 Å². The Labute approximate surface area is 175 Å². The van der Waals surface area contributed by atoms with E-state index in [0.29, 0.717) is 21.7 Å². The lowest BCUT2D eigenvalue weighted by Gasteiger charge is -2.09. The van der Waals surface area contributed by atoms with Crippen molar-refractivity contribution in [3.05, 3.63) is 57.0 Å². The third-order valence-corrected chi connectivity index (χ3v) is 4.64. The molecule has 0 radical (unpaired) electrons. The number of hydrogen-bond donors (Lipinski definition) is 3. The fourth-order valence-corrected chi connectivity index (χ4v) is 3.57. The lowest BCUT2D eigenvalue weighted by atomic mass is 10.2. The van der Waals surface area contributed by atoms with Gasteiger partial charge in [-0.2, -0.15) is 10.1 Å². The Hall–Kier alpha value is -3.05. The maximum Gasteiger partial charge on any atom is 0.245 e. The first-order chi connectivity index (χ1) is 13.6. The van der Waals surface area contributed by atoms with Gasteiger partial charge in [0.25, 0.3) is 0 Å². The number of phenols is 1. The van der Waals surface area contributed by atoms with Crippen LogP contribution in [0.2, 0.25) is 0 Å². The fourth-order valence-electron chi connectivity index (χ4n) is 2.31. The molecule has 0 aliphatic heterocycles. The molecule has 0 amide bonds. The van der Waals surface area contributed by atoms with Crippen LogP contribution in [-0.4, -0.2) is 31.6 Å². The zero-order valence-corrected chi connectivity index (χ0v) is 17.1. The molecular formula is C17H11Br2N7O2. The minimum absolute atomic E-state index is 0.0682. The van der Waals surface area contributed by atoms with Gasteiger partial charge in [0, 0.05) is 15.7 Å². The fraction of sp³-hybridized carbons (Fsp3) is 0. The zero-order valence-electron chi connectivity index (χ0n) is 14.0. The van der Waals surface area contributed by atoms with Gasteiger partial charge in [0.05, 0.1) is 10.7 Å². The lowest BCUT2D eigenvalue weighted by molar-refractivity contribution is 0.314. The first-order valence-corrected chi connectivity index (χ1v) is 9.48. The van der Waals surface area contributed by atoms with E-state index in [1.54, 1.807) is 12.1 Å². The molecule has 0 aliphatic rings. The largest absolute Gasteiger partial charge is 0.506 e. The van der Waals surface area contributed by atoms with E-state index in [2.05, 4.69) is 72.6 Å². The summed E-state index contributed by atoms with van der Waals surface area (Å²) in [6.45, 7) is 0. The molecule has 28 heavy (non-hydrogen) atoms. The summed E-state index contributed by atoms with van der Waals surface area (Å²) in [4.78, 5) is 8.68. The van der Waals surface area contributed by atoms with Gasteiger partial charge in [-0.3, -0.25) is 5.43 Å². The summed E-state index contributed by atoms with van der Waals surface area (Å²) >= 11 is 6.66. The van der Waals surface area contributed by atoms with Gasteiger partial charge in [-0.25, -0.2) is 9.61 Å². The Morgan fingerprint density at radius 2 is 1.71 bits per heavy atom. The predicted octanol–water partition coefficient (Wildman–Crippen LogP) is 4.43. The van der Waals surface area contributed by atoms with Crippen molar-refractivity contribution in [3.8, 4) is 5.75 Å². The lowest BCUT2D eigenvalue weighted by Crippen LogP contribution is -2.03. The van der Waals surface area contributed by atoms with E-state index >= 15 is 0 Å². The van der Waals surface area contributed by atoms with Crippen LogP contribution in [0.3, 0.4) is 0 Å². The number of aromatic hydroxyl groups is 1. The number of nitrogens with one attached hydrogen (secondary N) is 2. The zero-order chi connectivity index (χ0) is 19.5. The molecule has 0 aliphatic carbocycles. The summed E-state index contributed by atoms with van der Waals surface area (Å²) in [5, 5.41) is 24.8. The molecule has 4 rings (SSSR count). The second-order valence-corrected chi connectivity index (χ2v) is 7.29. The molecule has 0 atom stereocenters. The van der Waals surface area contributed by atoms with E-state index in [0.717, 1.165) is 10.2 Å². The molecule has 0 unspecified atom stereocenters. The van der Waals surface area contributed by atoms with Crippen LogP contribution < -0.4 is 10.7 Å². The minimum atomic E-state index is 0.0682. The Morgan fingerprint density at radius 1 is 1.00 bits per heavy atom. The normalized spacial score (nSPS) is 11.2. The van der Waals surface area contributed by atoms with E-state index in [1.807, 2.05) is 30.3 Å². The summed E-state index contributed by atoms with van der Waals surface area (Å²) in [6, 6.07) is 12.9. The molecular weight excluding hydrogens is 494 g/mol. The van der Waals surface area contributed by atoms with Gasteiger partial charge >= 0.3 is 0 Å². The third kappa shape index (κ3) is 3.94. The number of halogens is 2. The van der Waals surface area contributed by atoms with E-state index in [-0.39, 0.29) is 17.0 Å². The number of phenolic OH excluding ortho intramolecular Hbond substituents is 1. The highest BCUT2D eigenvalue weighted by molar-refractivity contribution is 9.11. The van der Waals surface area contributed by atoms with Crippen molar-refractivity contribution in [3.63, 3.8) is 0 Å². The smallest absolute Gasteiger partial charge is 0.245 e. The number of hydrazone groups is 1. The van der Waals surface area contributed by atoms with Crippen molar-refractivity contribution in [2.24, 2.45) is 5.10 Å². The van der Waals surface area contributed by atoms with Crippen molar-refractivity contribution in [2.45, 2.75) is 0 Å². The van der Waals surface area contributed by atoms with Crippen LogP contribution in [0.5, 0.6) is 5.75 Å². The van der Waals surface area contributed by atoms with Crippen molar-refractivity contribution < 1.29 is 9.74 Å². The van der Waals surface area contributed by atoms with Gasteiger partial charge in [-0.05, 0) is 50.5 Å². The Balaban J connectivity index is 1.65. The number of nitrogens with zero attached hydrogens (tertiary/aromatic N) is 5. The highest BCUT2D eigenvalue weighted by Gasteiger charge is 2.13. The first-order valence-electron chi connectivity index (χ1n) is 7.89. The van der Waals surface area contributed by atoms with E-state index in [9.17, 15) is 5.11 Å². The van der Waals surface area contributed by atoms with E-state index in [4.69, 9.17) is 0 Å². The van der Waals surface area contributed by atoms with E-state index in [1.165, 1.54) is 6.21 Å². The predicted molar refractivity (Wildman–Crippen MR) is 112 cm³/mol. The van der Waals surface area contributed by atoms with Crippen molar-refractivity contribution >= 4 is 66.7 Å². The van der Waals surface area contributed by atoms with Gasteiger partial charge in [-0.1, -0.05) is 34.1 Å². The summed E-state index contributed by atoms with van der Waals surface area (Å²) < 4.78 is 6.02. The standard InChI is InChI=1S/C17H11Br2N7O2/c18-10-6-9(13(27)12(19)7-10)8-20-24-15-14(21-11-4-2-1-3-5-11)22-16-17(23-15)26-28-25-16/h1-8,27H,(H,21,22,25)(H,23,24,26). The molecule has 2 aromatic heterocycles.